The molecule has 1 aliphatic rings. The molecule has 7 heteroatoms. The maximum atomic E-state index is 5.39. The highest BCUT2D eigenvalue weighted by Gasteiger charge is 2.17. The molecule has 136 valence electrons. The van der Waals surface area contributed by atoms with Crippen LogP contribution in [0.5, 0.6) is 5.75 Å². The Labute approximate surface area is 153 Å². The lowest BCUT2D eigenvalue weighted by atomic mass is 10.0. The van der Waals surface area contributed by atoms with Crippen molar-refractivity contribution in [3.8, 4) is 16.9 Å². The summed E-state index contributed by atoms with van der Waals surface area (Å²) in [6, 6.07) is 4.07. The molecule has 1 fully saturated rings. The van der Waals surface area contributed by atoms with Crippen LogP contribution < -0.4 is 15.0 Å². The first-order chi connectivity index (χ1) is 12.8. The van der Waals surface area contributed by atoms with Crippen LogP contribution in [0.15, 0.2) is 30.7 Å². The summed E-state index contributed by atoms with van der Waals surface area (Å²) in [5.74, 6) is 1.74. The second-order valence-corrected chi connectivity index (χ2v) is 6.47. The van der Waals surface area contributed by atoms with Gasteiger partial charge in [0.2, 0.25) is 0 Å². The standard InChI is InChI=1S/C19H24N6O/c1-3-4-17-15(11-14(26-2)12-21-17)16-13-22-25-8-5-18(23-19(16)25)24-9-6-20-7-10-24/h5,8,11-13,20H,3-4,6-7,9-10H2,1-2H3. The number of fused-ring (bicyclic) bond motifs is 1. The van der Waals surface area contributed by atoms with E-state index in [-0.39, 0.29) is 0 Å². The van der Waals surface area contributed by atoms with Crippen molar-refractivity contribution in [1.29, 1.82) is 0 Å². The fourth-order valence-corrected chi connectivity index (χ4v) is 3.37. The minimum Gasteiger partial charge on any atom is -0.495 e. The number of aryl methyl sites for hydroxylation is 1. The number of methoxy groups -OCH3 is 1. The summed E-state index contributed by atoms with van der Waals surface area (Å²) in [5, 5.41) is 7.87. The van der Waals surface area contributed by atoms with Crippen molar-refractivity contribution in [1.82, 2.24) is 24.9 Å². The molecule has 1 saturated heterocycles. The highest BCUT2D eigenvalue weighted by Crippen LogP contribution is 2.30. The number of nitrogens with one attached hydrogen (secondary N) is 1. The molecule has 7 nitrogen and oxygen atoms in total. The van der Waals surface area contributed by atoms with E-state index in [1.807, 2.05) is 29.0 Å². The number of hydrogen-bond donors (Lipinski definition) is 1. The molecule has 0 unspecified atom stereocenters. The van der Waals surface area contributed by atoms with Gasteiger partial charge in [0.15, 0.2) is 5.65 Å². The summed E-state index contributed by atoms with van der Waals surface area (Å²) in [6.07, 6.45) is 7.58. The van der Waals surface area contributed by atoms with Crippen molar-refractivity contribution in [2.24, 2.45) is 0 Å². The largest absolute Gasteiger partial charge is 0.495 e. The molecule has 26 heavy (non-hydrogen) atoms. The summed E-state index contributed by atoms with van der Waals surface area (Å²) in [6.45, 7) is 6.06. The topological polar surface area (TPSA) is 67.6 Å². The summed E-state index contributed by atoms with van der Waals surface area (Å²) in [7, 11) is 1.66. The molecule has 0 aromatic carbocycles. The van der Waals surface area contributed by atoms with Crippen molar-refractivity contribution in [3.05, 3.63) is 36.4 Å². The minimum atomic E-state index is 0.748. The van der Waals surface area contributed by atoms with Gasteiger partial charge in [-0.3, -0.25) is 4.98 Å². The molecule has 3 aromatic rings. The number of anilines is 1. The number of nitrogens with zero attached hydrogens (tertiary/aromatic N) is 5. The monoisotopic (exact) mass is 352 g/mol. The zero-order valence-corrected chi connectivity index (χ0v) is 15.3. The average Bonchev–Trinajstić information content (AvgIpc) is 3.12. The summed E-state index contributed by atoms with van der Waals surface area (Å²) in [5.41, 5.74) is 3.95. The molecule has 0 atom stereocenters. The molecule has 3 aromatic heterocycles. The van der Waals surface area contributed by atoms with Gasteiger partial charge in [-0.1, -0.05) is 13.3 Å². The molecular weight excluding hydrogens is 328 g/mol. The lowest BCUT2D eigenvalue weighted by molar-refractivity contribution is 0.412. The van der Waals surface area contributed by atoms with Gasteiger partial charge in [-0.25, -0.2) is 9.50 Å². The van der Waals surface area contributed by atoms with Crippen LogP contribution in [0.2, 0.25) is 0 Å². The van der Waals surface area contributed by atoms with Crippen LogP contribution in [-0.2, 0) is 6.42 Å². The average molecular weight is 352 g/mol. The lowest BCUT2D eigenvalue weighted by Gasteiger charge is -2.28. The highest BCUT2D eigenvalue weighted by molar-refractivity contribution is 5.80. The third kappa shape index (κ3) is 3.10. The minimum absolute atomic E-state index is 0.748. The van der Waals surface area contributed by atoms with Crippen molar-refractivity contribution < 1.29 is 4.74 Å². The Kier molecular flexibility index (Phi) is 4.71. The van der Waals surface area contributed by atoms with E-state index in [4.69, 9.17) is 9.72 Å². The molecule has 4 rings (SSSR count). The summed E-state index contributed by atoms with van der Waals surface area (Å²) >= 11 is 0. The Morgan fingerprint density at radius 2 is 2.04 bits per heavy atom. The first kappa shape index (κ1) is 16.8. The Hall–Kier alpha value is -2.67. The van der Waals surface area contributed by atoms with Gasteiger partial charge in [0.1, 0.15) is 11.6 Å². The SMILES string of the molecule is CCCc1ncc(OC)cc1-c1cnn2ccc(N3CCNCC3)nc12. The fourth-order valence-electron chi connectivity index (χ4n) is 3.37. The van der Waals surface area contributed by atoms with E-state index in [0.717, 1.165) is 73.1 Å². The van der Waals surface area contributed by atoms with Crippen molar-refractivity contribution in [2.45, 2.75) is 19.8 Å². The van der Waals surface area contributed by atoms with Crippen molar-refractivity contribution >= 4 is 11.5 Å². The highest BCUT2D eigenvalue weighted by atomic mass is 16.5. The molecule has 0 bridgehead atoms. The number of rotatable bonds is 5. The summed E-state index contributed by atoms with van der Waals surface area (Å²) < 4.78 is 7.22. The molecule has 0 saturated carbocycles. The van der Waals surface area contributed by atoms with Crippen LogP contribution in [-0.4, -0.2) is 52.9 Å². The summed E-state index contributed by atoms with van der Waals surface area (Å²) in [4.78, 5) is 11.8. The van der Waals surface area contributed by atoms with E-state index in [2.05, 4.69) is 27.2 Å². The molecule has 0 radical (unpaired) electrons. The first-order valence-electron chi connectivity index (χ1n) is 9.13. The number of piperazine rings is 1. The smallest absolute Gasteiger partial charge is 0.165 e. The van der Waals surface area contributed by atoms with E-state index in [0.29, 0.717) is 0 Å². The molecule has 0 aliphatic carbocycles. The van der Waals surface area contributed by atoms with Gasteiger partial charge in [-0.15, -0.1) is 0 Å². The van der Waals surface area contributed by atoms with Gasteiger partial charge >= 0.3 is 0 Å². The quantitative estimate of drug-likeness (QED) is 0.759. The normalized spacial score (nSPS) is 14.8. The third-order valence-corrected chi connectivity index (χ3v) is 4.75. The Morgan fingerprint density at radius 3 is 2.81 bits per heavy atom. The van der Waals surface area contributed by atoms with Crippen LogP contribution >= 0.6 is 0 Å². The lowest BCUT2D eigenvalue weighted by Crippen LogP contribution is -2.43. The van der Waals surface area contributed by atoms with Gasteiger partial charge in [-0.2, -0.15) is 5.10 Å². The van der Waals surface area contributed by atoms with Gasteiger partial charge < -0.3 is 15.0 Å². The molecule has 1 aliphatic heterocycles. The van der Waals surface area contributed by atoms with Gasteiger partial charge in [0.25, 0.3) is 0 Å². The molecule has 4 heterocycles. The second-order valence-electron chi connectivity index (χ2n) is 6.47. The van der Waals surface area contributed by atoms with E-state index in [1.165, 1.54) is 0 Å². The van der Waals surface area contributed by atoms with Crippen LogP contribution in [0.3, 0.4) is 0 Å². The molecule has 0 amide bonds. The van der Waals surface area contributed by atoms with E-state index in [9.17, 15) is 0 Å². The van der Waals surface area contributed by atoms with E-state index >= 15 is 0 Å². The maximum absolute atomic E-state index is 5.39. The van der Waals surface area contributed by atoms with Crippen molar-refractivity contribution in [2.75, 3.05) is 38.2 Å². The zero-order valence-electron chi connectivity index (χ0n) is 15.3. The molecular formula is C19H24N6O. The molecule has 0 spiro atoms. The first-order valence-corrected chi connectivity index (χ1v) is 9.13. The van der Waals surface area contributed by atoms with Crippen LogP contribution in [0, 0.1) is 0 Å². The number of ether oxygens (including phenoxy) is 1. The maximum Gasteiger partial charge on any atom is 0.165 e. The van der Waals surface area contributed by atoms with Crippen molar-refractivity contribution in [3.63, 3.8) is 0 Å². The zero-order chi connectivity index (χ0) is 17.9. The van der Waals surface area contributed by atoms with Gasteiger partial charge in [0, 0.05) is 49.2 Å². The third-order valence-electron chi connectivity index (χ3n) is 4.75. The number of aromatic nitrogens is 4. The van der Waals surface area contributed by atoms with Crippen LogP contribution in [0.25, 0.3) is 16.8 Å². The number of pyridine rings is 1. The molecule has 1 N–H and O–H groups in total. The Bertz CT molecular complexity index is 900. The van der Waals surface area contributed by atoms with Crippen LogP contribution in [0.4, 0.5) is 5.82 Å². The van der Waals surface area contributed by atoms with E-state index < -0.39 is 0 Å². The predicted molar refractivity (Wildman–Crippen MR) is 102 cm³/mol. The second kappa shape index (κ2) is 7.29. The predicted octanol–water partition coefficient (Wildman–Crippen LogP) is 2.16. The fraction of sp³-hybridized carbons (Fsp3) is 0.421. The van der Waals surface area contributed by atoms with E-state index in [1.54, 1.807) is 13.3 Å². The van der Waals surface area contributed by atoms with Gasteiger partial charge in [0.05, 0.1) is 19.5 Å². The van der Waals surface area contributed by atoms with Gasteiger partial charge in [-0.05, 0) is 18.6 Å². The Balaban J connectivity index is 1.81. The number of hydrogen-bond acceptors (Lipinski definition) is 6. The van der Waals surface area contributed by atoms with Crippen LogP contribution in [0.1, 0.15) is 19.0 Å². The Morgan fingerprint density at radius 1 is 1.19 bits per heavy atom.